The molecule has 1 atom stereocenters. The van der Waals surface area contributed by atoms with Crippen molar-refractivity contribution in [2.45, 2.75) is 31.1 Å². The van der Waals surface area contributed by atoms with Gasteiger partial charge in [0.1, 0.15) is 0 Å². The number of carbonyl (C=O) groups is 2. The topological polar surface area (TPSA) is 66.4 Å². The summed E-state index contributed by atoms with van der Waals surface area (Å²) in [6.45, 7) is 1.73. The van der Waals surface area contributed by atoms with Gasteiger partial charge in [-0.3, -0.25) is 9.59 Å². The Morgan fingerprint density at radius 3 is 2.69 bits per heavy atom. The first-order valence-corrected chi connectivity index (χ1v) is 5.28. The fourth-order valence-corrected chi connectivity index (χ4v) is 1.43. The van der Waals surface area contributed by atoms with Crippen molar-refractivity contribution in [3.05, 3.63) is 0 Å². The molecule has 0 bridgehead atoms. The lowest BCUT2D eigenvalue weighted by atomic mass is 10.4. The molecule has 1 aliphatic rings. The van der Waals surface area contributed by atoms with Crippen molar-refractivity contribution in [3.63, 3.8) is 0 Å². The Labute approximate surface area is 81.1 Å². The number of hydrogen-bond acceptors (Lipinski definition) is 3. The molecular weight excluding hydrogens is 190 g/mol. The van der Waals surface area contributed by atoms with Crippen LogP contribution in [0.4, 0.5) is 0 Å². The van der Waals surface area contributed by atoms with E-state index >= 15 is 0 Å². The zero-order chi connectivity index (χ0) is 9.84. The van der Waals surface area contributed by atoms with Crippen molar-refractivity contribution < 1.29 is 14.7 Å². The van der Waals surface area contributed by atoms with Crippen LogP contribution in [0.1, 0.15) is 19.8 Å². The minimum atomic E-state index is -0.879. The molecule has 0 aromatic carbocycles. The average Bonchev–Trinajstić information content (AvgIpc) is 2.83. The Morgan fingerprint density at radius 1 is 1.62 bits per heavy atom. The Balaban J connectivity index is 2.16. The molecule has 5 heteroatoms. The molecule has 0 aromatic heterocycles. The lowest BCUT2D eigenvalue weighted by Crippen LogP contribution is -2.33. The third-order valence-corrected chi connectivity index (χ3v) is 2.88. The summed E-state index contributed by atoms with van der Waals surface area (Å²) < 4.78 is 0. The summed E-state index contributed by atoms with van der Waals surface area (Å²) in [4.78, 5) is 21.5. The van der Waals surface area contributed by atoms with E-state index < -0.39 is 5.97 Å². The summed E-state index contributed by atoms with van der Waals surface area (Å²) in [5, 5.41) is 10.9. The van der Waals surface area contributed by atoms with E-state index in [1.54, 1.807) is 6.92 Å². The van der Waals surface area contributed by atoms with Crippen molar-refractivity contribution in [2.75, 3.05) is 5.75 Å². The Bertz CT molecular complexity index is 215. The van der Waals surface area contributed by atoms with E-state index in [0.717, 1.165) is 24.6 Å². The van der Waals surface area contributed by atoms with E-state index in [2.05, 4.69) is 5.32 Å². The van der Waals surface area contributed by atoms with E-state index in [9.17, 15) is 9.59 Å². The lowest BCUT2D eigenvalue weighted by molar-refractivity contribution is -0.133. The lowest BCUT2D eigenvalue weighted by Gasteiger charge is -2.09. The zero-order valence-corrected chi connectivity index (χ0v) is 8.26. The van der Waals surface area contributed by atoms with Crippen molar-refractivity contribution in [1.29, 1.82) is 0 Å². The maximum absolute atomic E-state index is 11.3. The third-order valence-electron chi connectivity index (χ3n) is 1.75. The van der Waals surface area contributed by atoms with Crippen molar-refractivity contribution in [1.82, 2.24) is 5.32 Å². The van der Waals surface area contributed by atoms with Crippen LogP contribution in [0.5, 0.6) is 0 Å². The highest BCUT2D eigenvalue weighted by Gasteiger charge is 2.25. The maximum atomic E-state index is 11.3. The highest BCUT2D eigenvalue weighted by molar-refractivity contribution is 8.01. The van der Waals surface area contributed by atoms with Gasteiger partial charge in [0.2, 0.25) is 5.91 Å². The molecule has 1 saturated carbocycles. The van der Waals surface area contributed by atoms with Crippen LogP contribution >= 0.6 is 11.8 Å². The van der Waals surface area contributed by atoms with E-state index in [0.29, 0.717) is 6.04 Å². The predicted octanol–water partition coefficient (Wildman–Crippen LogP) is 0.471. The van der Waals surface area contributed by atoms with E-state index in [1.807, 2.05) is 0 Å². The second kappa shape index (κ2) is 4.50. The molecule has 0 heterocycles. The molecule has 1 amide bonds. The van der Waals surface area contributed by atoms with Crippen LogP contribution in [0.2, 0.25) is 0 Å². The molecule has 0 saturated heterocycles. The van der Waals surface area contributed by atoms with Crippen LogP contribution in [0.25, 0.3) is 0 Å². The fourth-order valence-electron chi connectivity index (χ4n) is 0.818. The molecule has 1 aliphatic carbocycles. The van der Waals surface area contributed by atoms with Crippen LogP contribution in [-0.4, -0.2) is 34.0 Å². The van der Waals surface area contributed by atoms with Gasteiger partial charge in [0.25, 0.3) is 0 Å². The number of amides is 1. The average molecular weight is 203 g/mol. The van der Waals surface area contributed by atoms with Crippen molar-refractivity contribution in [2.24, 2.45) is 0 Å². The highest BCUT2D eigenvalue weighted by atomic mass is 32.2. The first-order valence-electron chi connectivity index (χ1n) is 4.23. The first kappa shape index (κ1) is 10.4. The molecular formula is C8H13NO3S. The molecule has 0 aliphatic heterocycles. The second-order valence-electron chi connectivity index (χ2n) is 3.13. The molecule has 2 N–H and O–H groups in total. The number of carboxylic acids is 1. The van der Waals surface area contributed by atoms with Crippen LogP contribution < -0.4 is 5.32 Å². The molecule has 74 valence electrons. The summed E-state index contributed by atoms with van der Waals surface area (Å²) in [5.41, 5.74) is 0. The van der Waals surface area contributed by atoms with Crippen LogP contribution in [-0.2, 0) is 9.59 Å². The molecule has 0 aromatic rings. The van der Waals surface area contributed by atoms with Gasteiger partial charge in [0, 0.05) is 6.04 Å². The Morgan fingerprint density at radius 2 is 2.23 bits per heavy atom. The number of hydrogen-bond donors (Lipinski definition) is 2. The van der Waals surface area contributed by atoms with Crippen LogP contribution in [0.15, 0.2) is 0 Å². The monoisotopic (exact) mass is 203 g/mol. The number of rotatable bonds is 5. The molecule has 0 spiro atoms. The number of carbonyl (C=O) groups excluding carboxylic acids is 1. The highest BCUT2D eigenvalue weighted by Crippen LogP contribution is 2.20. The predicted molar refractivity (Wildman–Crippen MR) is 50.7 cm³/mol. The van der Waals surface area contributed by atoms with Gasteiger partial charge in [-0.25, -0.2) is 0 Å². The maximum Gasteiger partial charge on any atom is 0.313 e. The molecule has 0 radical (unpaired) electrons. The van der Waals surface area contributed by atoms with Crippen molar-refractivity contribution in [3.8, 4) is 0 Å². The smallest absolute Gasteiger partial charge is 0.313 e. The number of thioether (sulfide) groups is 1. The standard InChI is InChI=1S/C8H13NO3S/c1-5(13-4-7(10)11)8(12)9-6-2-3-6/h5-6H,2-4H2,1H3,(H,9,12)(H,10,11)/t5-/m1/s1. The van der Waals surface area contributed by atoms with E-state index in [1.165, 1.54) is 0 Å². The summed E-state index contributed by atoms with van der Waals surface area (Å²) in [6.07, 6.45) is 2.12. The summed E-state index contributed by atoms with van der Waals surface area (Å²) in [5.74, 6) is -0.941. The largest absolute Gasteiger partial charge is 0.481 e. The molecule has 13 heavy (non-hydrogen) atoms. The van der Waals surface area contributed by atoms with Gasteiger partial charge in [-0.15, -0.1) is 11.8 Å². The summed E-state index contributed by atoms with van der Waals surface area (Å²) >= 11 is 1.15. The van der Waals surface area contributed by atoms with Gasteiger partial charge in [0.05, 0.1) is 11.0 Å². The SMILES string of the molecule is C[C@@H](SCC(=O)O)C(=O)NC1CC1. The Kier molecular flexibility index (Phi) is 3.59. The molecule has 1 fully saturated rings. The second-order valence-corrected chi connectivity index (χ2v) is 4.46. The first-order chi connectivity index (χ1) is 6.09. The van der Waals surface area contributed by atoms with Gasteiger partial charge in [-0.1, -0.05) is 0 Å². The van der Waals surface area contributed by atoms with Crippen LogP contribution in [0.3, 0.4) is 0 Å². The van der Waals surface area contributed by atoms with Gasteiger partial charge in [0.15, 0.2) is 0 Å². The molecule has 4 nitrogen and oxygen atoms in total. The van der Waals surface area contributed by atoms with Gasteiger partial charge in [-0.2, -0.15) is 0 Å². The van der Waals surface area contributed by atoms with Gasteiger partial charge in [-0.05, 0) is 19.8 Å². The fraction of sp³-hybridized carbons (Fsp3) is 0.750. The van der Waals surface area contributed by atoms with Gasteiger partial charge < -0.3 is 10.4 Å². The number of aliphatic carboxylic acids is 1. The number of nitrogens with one attached hydrogen (secondary N) is 1. The normalized spacial score (nSPS) is 17.9. The van der Waals surface area contributed by atoms with E-state index in [4.69, 9.17) is 5.11 Å². The Hall–Kier alpha value is -0.710. The third kappa shape index (κ3) is 4.17. The van der Waals surface area contributed by atoms with E-state index in [-0.39, 0.29) is 16.9 Å². The summed E-state index contributed by atoms with van der Waals surface area (Å²) in [6, 6.07) is 0.348. The van der Waals surface area contributed by atoms with Crippen molar-refractivity contribution >= 4 is 23.6 Å². The zero-order valence-electron chi connectivity index (χ0n) is 7.45. The number of carboxylic acid groups (broad SMARTS) is 1. The van der Waals surface area contributed by atoms with Crippen LogP contribution in [0, 0.1) is 0 Å². The molecule has 1 rings (SSSR count). The van der Waals surface area contributed by atoms with Gasteiger partial charge >= 0.3 is 5.97 Å². The summed E-state index contributed by atoms with van der Waals surface area (Å²) in [7, 11) is 0. The minimum absolute atomic E-state index is 0.0146. The quantitative estimate of drug-likeness (QED) is 0.681. The molecule has 0 unspecified atom stereocenters. The minimum Gasteiger partial charge on any atom is -0.481 e.